The average Bonchev–Trinajstić information content (AvgIpc) is 3.23. The van der Waals surface area contributed by atoms with Gasteiger partial charge in [0.1, 0.15) is 0 Å². The lowest BCUT2D eigenvalue weighted by molar-refractivity contribution is -0.117. The Morgan fingerprint density at radius 3 is 2.68 bits per heavy atom. The molecule has 25 heavy (non-hydrogen) atoms. The van der Waals surface area contributed by atoms with Crippen molar-refractivity contribution in [1.29, 1.82) is 0 Å². The van der Waals surface area contributed by atoms with Crippen LogP contribution in [0.1, 0.15) is 36.5 Å². The van der Waals surface area contributed by atoms with E-state index in [2.05, 4.69) is 15.5 Å². The molecular weight excluding hydrogens is 320 g/mol. The number of amides is 2. The molecule has 0 spiro atoms. The molecule has 3 heterocycles. The van der Waals surface area contributed by atoms with Gasteiger partial charge < -0.3 is 10.2 Å². The number of carbonyl (C=O) groups excluding carboxylic acids is 2. The number of piperidine rings is 1. The fourth-order valence-electron chi connectivity index (χ4n) is 3.11. The van der Waals surface area contributed by atoms with E-state index in [1.54, 1.807) is 34.9 Å². The van der Waals surface area contributed by atoms with Gasteiger partial charge in [-0.05, 0) is 25.7 Å². The minimum atomic E-state index is -0.0154. The van der Waals surface area contributed by atoms with Crippen molar-refractivity contribution in [2.45, 2.75) is 32.7 Å². The average molecular weight is 344 g/mol. The molecule has 1 fully saturated rings. The third-order valence-corrected chi connectivity index (χ3v) is 4.56. The van der Waals surface area contributed by atoms with Crippen LogP contribution in [0.5, 0.6) is 0 Å². The van der Waals surface area contributed by atoms with Crippen molar-refractivity contribution in [1.82, 2.24) is 24.5 Å². The summed E-state index contributed by atoms with van der Waals surface area (Å²) in [7, 11) is 1.80. The molecule has 8 heteroatoms. The van der Waals surface area contributed by atoms with E-state index in [9.17, 15) is 9.59 Å². The number of anilines is 1. The van der Waals surface area contributed by atoms with Crippen molar-refractivity contribution < 1.29 is 9.59 Å². The molecule has 0 saturated carbocycles. The quantitative estimate of drug-likeness (QED) is 0.891. The van der Waals surface area contributed by atoms with Gasteiger partial charge in [0.25, 0.3) is 5.91 Å². The summed E-state index contributed by atoms with van der Waals surface area (Å²) < 4.78 is 3.41. The molecule has 0 unspecified atom stereocenters. The number of aryl methyl sites for hydroxylation is 2. The molecule has 0 aliphatic carbocycles. The molecule has 0 atom stereocenters. The molecular formula is C17H24N6O2. The minimum Gasteiger partial charge on any atom is -0.339 e. The lowest BCUT2D eigenvalue weighted by Crippen LogP contribution is -2.39. The van der Waals surface area contributed by atoms with Crippen molar-refractivity contribution in [3.8, 4) is 0 Å². The summed E-state index contributed by atoms with van der Waals surface area (Å²) in [5, 5.41) is 11.1. The van der Waals surface area contributed by atoms with Gasteiger partial charge >= 0.3 is 0 Å². The molecule has 0 radical (unpaired) electrons. The number of nitrogens with zero attached hydrogens (tertiary/aromatic N) is 5. The highest BCUT2D eigenvalue weighted by Crippen LogP contribution is 2.22. The fraction of sp³-hybridized carbons (Fsp3) is 0.529. The van der Waals surface area contributed by atoms with Crippen LogP contribution in [0, 0.1) is 5.92 Å². The summed E-state index contributed by atoms with van der Waals surface area (Å²) in [6.45, 7) is 4.13. The van der Waals surface area contributed by atoms with Crippen LogP contribution in [-0.4, -0.2) is 49.4 Å². The van der Waals surface area contributed by atoms with Gasteiger partial charge in [-0.1, -0.05) is 0 Å². The first-order valence-electron chi connectivity index (χ1n) is 8.66. The highest BCUT2D eigenvalue weighted by atomic mass is 16.2. The largest absolute Gasteiger partial charge is 0.339 e. The van der Waals surface area contributed by atoms with Gasteiger partial charge in [0.2, 0.25) is 5.91 Å². The normalized spacial score (nSPS) is 15.4. The molecule has 1 aliphatic heterocycles. The Kier molecular flexibility index (Phi) is 5.16. The van der Waals surface area contributed by atoms with Crippen molar-refractivity contribution in [2.75, 3.05) is 18.4 Å². The van der Waals surface area contributed by atoms with Crippen LogP contribution in [0.3, 0.4) is 0 Å². The number of carbonyl (C=O) groups is 2. The second-order valence-electron chi connectivity index (χ2n) is 6.45. The van der Waals surface area contributed by atoms with E-state index in [4.69, 9.17) is 0 Å². The molecule has 3 rings (SSSR count). The first kappa shape index (κ1) is 17.2. The van der Waals surface area contributed by atoms with Gasteiger partial charge in [-0.2, -0.15) is 10.2 Å². The Labute approximate surface area is 146 Å². The maximum absolute atomic E-state index is 12.4. The third-order valence-electron chi connectivity index (χ3n) is 4.56. The predicted molar refractivity (Wildman–Crippen MR) is 93.0 cm³/mol. The molecule has 1 saturated heterocycles. The Morgan fingerprint density at radius 1 is 1.32 bits per heavy atom. The second-order valence-corrected chi connectivity index (χ2v) is 6.45. The smallest absolute Gasteiger partial charge is 0.257 e. The maximum atomic E-state index is 12.4. The standard InChI is InChI=1S/C17H24N6O2/c1-3-23-9-6-15(20-23)19-16(24)10-13-4-7-22(8-5-13)17(25)14-11-18-21(2)12-14/h6,9,11-13H,3-5,7-8,10H2,1-2H3,(H,19,20,24). The van der Waals surface area contributed by atoms with Crippen LogP contribution in [0.4, 0.5) is 5.82 Å². The Balaban J connectivity index is 1.45. The SMILES string of the molecule is CCn1ccc(NC(=O)CC2CCN(C(=O)c3cnn(C)c3)CC2)n1. The summed E-state index contributed by atoms with van der Waals surface area (Å²) in [6, 6.07) is 1.80. The van der Waals surface area contributed by atoms with Crippen molar-refractivity contribution in [3.63, 3.8) is 0 Å². The number of rotatable bonds is 5. The van der Waals surface area contributed by atoms with Crippen LogP contribution in [0.2, 0.25) is 0 Å². The Morgan fingerprint density at radius 2 is 2.08 bits per heavy atom. The van der Waals surface area contributed by atoms with Crippen LogP contribution >= 0.6 is 0 Å². The molecule has 0 aromatic carbocycles. The number of nitrogens with one attached hydrogen (secondary N) is 1. The van der Waals surface area contributed by atoms with E-state index >= 15 is 0 Å². The van der Waals surface area contributed by atoms with Gasteiger partial charge in [0, 0.05) is 51.6 Å². The number of likely N-dealkylation sites (tertiary alicyclic amines) is 1. The molecule has 2 aromatic heterocycles. The zero-order chi connectivity index (χ0) is 17.8. The van der Waals surface area contributed by atoms with E-state index in [1.807, 2.05) is 18.0 Å². The van der Waals surface area contributed by atoms with Gasteiger partial charge in [-0.3, -0.25) is 19.0 Å². The van der Waals surface area contributed by atoms with E-state index in [0.29, 0.717) is 36.8 Å². The monoisotopic (exact) mass is 344 g/mol. The lowest BCUT2D eigenvalue weighted by Gasteiger charge is -2.31. The topological polar surface area (TPSA) is 85.0 Å². The van der Waals surface area contributed by atoms with Gasteiger partial charge in [0.05, 0.1) is 11.8 Å². The summed E-state index contributed by atoms with van der Waals surface area (Å²) in [5.41, 5.74) is 0.616. The lowest BCUT2D eigenvalue weighted by atomic mass is 9.93. The van der Waals surface area contributed by atoms with Crippen LogP contribution < -0.4 is 5.32 Å². The molecule has 2 amide bonds. The van der Waals surface area contributed by atoms with Gasteiger partial charge in [0.15, 0.2) is 5.82 Å². The Hall–Kier alpha value is -2.64. The highest BCUT2D eigenvalue weighted by molar-refractivity contribution is 5.94. The molecule has 8 nitrogen and oxygen atoms in total. The zero-order valence-electron chi connectivity index (χ0n) is 14.7. The van der Waals surface area contributed by atoms with E-state index in [1.165, 1.54) is 0 Å². The van der Waals surface area contributed by atoms with E-state index < -0.39 is 0 Å². The summed E-state index contributed by atoms with van der Waals surface area (Å²) >= 11 is 0. The third kappa shape index (κ3) is 4.26. The predicted octanol–water partition coefficient (Wildman–Crippen LogP) is 1.52. The first-order chi connectivity index (χ1) is 12.0. The zero-order valence-corrected chi connectivity index (χ0v) is 14.7. The molecule has 0 bridgehead atoms. The number of aromatic nitrogens is 4. The fourth-order valence-corrected chi connectivity index (χ4v) is 3.11. The van der Waals surface area contributed by atoms with Crippen LogP contribution in [0.25, 0.3) is 0 Å². The number of hydrogen-bond acceptors (Lipinski definition) is 4. The van der Waals surface area contributed by atoms with Crippen molar-refractivity contribution >= 4 is 17.6 Å². The van der Waals surface area contributed by atoms with E-state index in [-0.39, 0.29) is 11.8 Å². The maximum Gasteiger partial charge on any atom is 0.257 e. The van der Waals surface area contributed by atoms with Gasteiger partial charge in [-0.15, -0.1) is 0 Å². The summed E-state index contributed by atoms with van der Waals surface area (Å²) in [4.78, 5) is 26.4. The van der Waals surface area contributed by atoms with E-state index in [0.717, 1.165) is 19.4 Å². The number of hydrogen-bond donors (Lipinski definition) is 1. The summed E-state index contributed by atoms with van der Waals surface area (Å²) in [6.07, 6.45) is 7.31. The molecule has 1 N–H and O–H groups in total. The van der Waals surface area contributed by atoms with Crippen LogP contribution in [-0.2, 0) is 18.4 Å². The summed E-state index contributed by atoms with van der Waals surface area (Å²) in [5.74, 6) is 0.891. The van der Waals surface area contributed by atoms with Crippen molar-refractivity contribution in [3.05, 3.63) is 30.2 Å². The minimum absolute atomic E-state index is 0.0149. The van der Waals surface area contributed by atoms with Crippen LogP contribution in [0.15, 0.2) is 24.7 Å². The molecule has 1 aliphatic rings. The second kappa shape index (κ2) is 7.50. The van der Waals surface area contributed by atoms with Crippen molar-refractivity contribution in [2.24, 2.45) is 13.0 Å². The molecule has 2 aromatic rings. The Bertz CT molecular complexity index is 742. The highest BCUT2D eigenvalue weighted by Gasteiger charge is 2.25. The molecule has 134 valence electrons. The van der Waals surface area contributed by atoms with Gasteiger partial charge in [-0.25, -0.2) is 0 Å². The first-order valence-corrected chi connectivity index (χ1v) is 8.66.